The average Bonchev–Trinajstić information content (AvgIpc) is 3.46. The molecule has 0 aliphatic heterocycles. The van der Waals surface area contributed by atoms with Gasteiger partial charge in [0.05, 0.1) is 10.6 Å². The van der Waals surface area contributed by atoms with E-state index in [1.54, 1.807) is 30.3 Å². The molecule has 4 rings (SSSR count). The Kier molecular flexibility index (Phi) is 5.28. The van der Waals surface area contributed by atoms with Crippen molar-refractivity contribution in [3.8, 4) is 0 Å². The number of nitrogens with one attached hydrogen (secondary N) is 1. The van der Waals surface area contributed by atoms with Crippen molar-refractivity contribution in [1.82, 2.24) is 10.2 Å². The second-order valence-corrected chi connectivity index (χ2v) is 10.1. The molecular weight excluding hydrogens is 432 g/mol. The van der Waals surface area contributed by atoms with Crippen molar-refractivity contribution in [2.24, 2.45) is 0 Å². The maximum Gasteiger partial charge on any atom is 0.264 e. The van der Waals surface area contributed by atoms with Crippen LogP contribution in [0.15, 0.2) is 53.4 Å². The first-order chi connectivity index (χ1) is 13.8. The summed E-state index contributed by atoms with van der Waals surface area (Å²) in [5, 5.41) is 12.5. The fraction of sp³-hybridized carbons (Fsp3) is 0.211. The maximum absolute atomic E-state index is 13.0. The van der Waals surface area contributed by atoms with Crippen LogP contribution in [0.4, 0.5) is 10.8 Å². The summed E-state index contributed by atoms with van der Waals surface area (Å²) >= 11 is 7.32. The highest BCUT2D eigenvalue weighted by Crippen LogP contribution is 2.42. The molecule has 1 N–H and O–H groups in total. The van der Waals surface area contributed by atoms with Crippen LogP contribution in [0.1, 0.15) is 34.1 Å². The summed E-state index contributed by atoms with van der Waals surface area (Å²) in [6, 6.07) is 12.4. The molecule has 1 fully saturated rings. The van der Waals surface area contributed by atoms with Gasteiger partial charge < -0.3 is 0 Å². The first-order valence-corrected chi connectivity index (χ1v) is 11.5. The zero-order valence-electron chi connectivity index (χ0n) is 15.4. The number of carbonyl (C=O) groups is 1. The van der Waals surface area contributed by atoms with E-state index in [0.717, 1.165) is 22.2 Å². The molecule has 1 saturated carbocycles. The number of carbonyl (C=O) groups excluding carboxylic acids is 1. The summed E-state index contributed by atoms with van der Waals surface area (Å²) in [7, 11) is -2.43. The molecule has 150 valence electrons. The quantitative estimate of drug-likeness (QED) is 0.611. The standard InChI is InChI=1S/C19H17ClN4O3S2/c1-24(15-6-3-5-14(20)11-15)29(26,27)16-7-2-4-13(10-16)17(25)21-19-23-22-18(28-19)12-8-9-12/h2-7,10-12H,8-9H2,1H3,(H,21,23,25). The van der Waals surface area contributed by atoms with E-state index in [-0.39, 0.29) is 10.5 Å². The minimum Gasteiger partial charge on any atom is -0.296 e. The first-order valence-electron chi connectivity index (χ1n) is 8.84. The molecule has 29 heavy (non-hydrogen) atoms. The molecule has 3 aromatic rings. The fourth-order valence-electron chi connectivity index (χ4n) is 2.72. The molecule has 7 nitrogen and oxygen atoms in total. The lowest BCUT2D eigenvalue weighted by molar-refractivity contribution is 0.102. The highest BCUT2D eigenvalue weighted by molar-refractivity contribution is 7.92. The number of aromatic nitrogens is 2. The van der Waals surface area contributed by atoms with Crippen LogP contribution in [0, 0.1) is 0 Å². The average molecular weight is 449 g/mol. The van der Waals surface area contributed by atoms with Crippen molar-refractivity contribution in [2.45, 2.75) is 23.7 Å². The van der Waals surface area contributed by atoms with Crippen molar-refractivity contribution in [2.75, 3.05) is 16.7 Å². The van der Waals surface area contributed by atoms with Crippen molar-refractivity contribution in [1.29, 1.82) is 0 Å². The highest BCUT2D eigenvalue weighted by Gasteiger charge is 2.28. The molecule has 2 aromatic carbocycles. The Labute approximate surface area is 177 Å². The van der Waals surface area contributed by atoms with Gasteiger partial charge in [0, 0.05) is 23.6 Å². The van der Waals surface area contributed by atoms with Crippen LogP contribution >= 0.6 is 22.9 Å². The molecule has 0 spiro atoms. The Bertz CT molecular complexity index is 1180. The number of nitrogens with zero attached hydrogens (tertiary/aromatic N) is 3. The van der Waals surface area contributed by atoms with E-state index in [2.05, 4.69) is 15.5 Å². The number of anilines is 2. The topological polar surface area (TPSA) is 92.3 Å². The minimum atomic E-state index is -3.87. The van der Waals surface area contributed by atoms with Crippen LogP contribution in [0.2, 0.25) is 5.02 Å². The van der Waals surface area contributed by atoms with Gasteiger partial charge in [0.1, 0.15) is 5.01 Å². The predicted octanol–water partition coefficient (Wildman–Crippen LogP) is 4.15. The van der Waals surface area contributed by atoms with Crippen molar-refractivity contribution < 1.29 is 13.2 Å². The summed E-state index contributed by atoms with van der Waals surface area (Å²) in [4.78, 5) is 12.6. The number of halogens is 1. The number of hydrogen-bond acceptors (Lipinski definition) is 6. The third-order valence-corrected chi connectivity index (χ3v) is 7.53. The highest BCUT2D eigenvalue weighted by atomic mass is 35.5. The van der Waals surface area contributed by atoms with Gasteiger partial charge in [-0.3, -0.25) is 14.4 Å². The third-order valence-electron chi connectivity index (χ3n) is 4.51. The summed E-state index contributed by atoms with van der Waals surface area (Å²) in [5.41, 5.74) is 0.641. The normalized spacial score (nSPS) is 13.9. The van der Waals surface area contributed by atoms with Crippen molar-refractivity contribution >= 4 is 49.7 Å². The Morgan fingerprint density at radius 1 is 1.17 bits per heavy atom. The van der Waals surface area contributed by atoms with Gasteiger partial charge in [-0.25, -0.2) is 8.42 Å². The molecular formula is C19H17ClN4O3S2. The Balaban J connectivity index is 1.55. The molecule has 1 aliphatic carbocycles. The lowest BCUT2D eigenvalue weighted by atomic mass is 10.2. The van der Waals surface area contributed by atoms with Gasteiger partial charge in [0.15, 0.2) is 0 Å². The van der Waals surface area contributed by atoms with E-state index in [4.69, 9.17) is 11.6 Å². The van der Waals surface area contributed by atoms with Crippen LogP contribution in [0.3, 0.4) is 0 Å². The molecule has 0 unspecified atom stereocenters. The molecule has 1 heterocycles. The number of sulfonamides is 1. The zero-order chi connectivity index (χ0) is 20.6. The van der Waals surface area contributed by atoms with E-state index in [0.29, 0.717) is 21.8 Å². The molecule has 1 aromatic heterocycles. The van der Waals surface area contributed by atoms with E-state index >= 15 is 0 Å². The molecule has 0 atom stereocenters. The van der Waals surface area contributed by atoms with Crippen molar-refractivity contribution in [3.05, 3.63) is 64.1 Å². The summed E-state index contributed by atoms with van der Waals surface area (Å²) in [5.74, 6) is 0.0135. The van der Waals surface area contributed by atoms with E-state index in [1.165, 1.54) is 36.6 Å². The molecule has 1 aliphatic rings. The van der Waals surface area contributed by atoms with Gasteiger partial charge in [0.25, 0.3) is 15.9 Å². The van der Waals surface area contributed by atoms with Crippen LogP contribution in [-0.2, 0) is 10.0 Å². The smallest absolute Gasteiger partial charge is 0.264 e. The summed E-state index contributed by atoms with van der Waals surface area (Å²) in [6.07, 6.45) is 2.20. The first kappa shape index (κ1) is 19.8. The lowest BCUT2D eigenvalue weighted by Gasteiger charge is -2.20. The van der Waals surface area contributed by atoms with Gasteiger partial charge >= 0.3 is 0 Å². The van der Waals surface area contributed by atoms with Crippen LogP contribution in [0.25, 0.3) is 0 Å². The van der Waals surface area contributed by atoms with Crippen LogP contribution < -0.4 is 9.62 Å². The summed E-state index contributed by atoms with van der Waals surface area (Å²) < 4.78 is 27.1. The summed E-state index contributed by atoms with van der Waals surface area (Å²) in [6.45, 7) is 0. The van der Waals surface area contributed by atoms with Crippen LogP contribution in [0.5, 0.6) is 0 Å². The van der Waals surface area contributed by atoms with Crippen LogP contribution in [-0.4, -0.2) is 31.6 Å². The SMILES string of the molecule is CN(c1cccc(Cl)c1)S(=O)(=O)c1cccc(C(=O)Nc2nnc(C3CC3)s2)c1. The molecule has 0 bridgehead atoms. The Morgan fingerprint density at radius 2 is 1.93 bits per heavy atom. The second-order valence-electron chi connectivity index (χ2n) is 6.65. The fourth-order valence-corrected chi connectivity index (χ4v) is 5.04. The van der Waals surface area contributed by atoms with Gasteiger partial charge in [-0.05, 0) is 49.2 Å². The number of hydrogen-bond donors (Lipinski definition) is 1. The van der Waals surface area contributed by atoms with Crippen molar-refractivity contribution in [3.63, 3.8) is 0 Å². The lowest BCUT2D eigenvalue weighted by Crippen LogP contribution is -2.26. The monoisotopic (exact) mass is 448 g/mol. The second kappa shape index (κ2) is 7.74. The van der Waals surface area contributed by atoms with E-state index < -0.39 is 15.9 Å². The van der Waals surface area contributed by atoms with E-state index in [1.807, 2.05) is 0 Å². The van der Waals surface area contributed by atoms with Gasteiger partial charge in [-0.15, -0.1) is 10.2 Å². The Hall–Kier alpha value is -2.49. The zero-order valence-corrected chi connectivity index (χ0v) is 17.8. The minimum absolute atomic E-state index is 0.00330. The number of benzene rings is 2. The largest absolute Gasteiger partial charge is 0.296 e. The maximum atomic E-state index is 13.0. The molecule has 10 heteroatoms. The third kappa shape index (κ3) is 4.26. The molecule has 0 radical (unpaired) electrons. The molecule has 0 saturated heterocycles. The predicted molar refractivity (Wildman–Crippen MR) is 113 cm³/mol. The van der Waals surface area contributed by atoms with E-state index in [9.17, 15) is 13.2 Å². The number of rotatable bonds is 6. The van der Waals surface area contributed by atoms with Gasteiger partial charge in [-0.1, -0.05) is 35.1 Å². The van der Waals surface area contributed by atoms with Gasteiger partial charge in [0.2, 0.25) is 5.13 Å². The Morgan fingerprint density at radius 3 is 2.66 bits per heavy atom. The molecule has 1 amide bonds. The van der Waals surface area contributed by atoms with Gasteiger partial charge in [-0.2, -0.15) is 0 Å². The number of amides is 1.